The van der Waals surface area contributed by atoms with Crippen molar-refractivity contribution in [3.63, 3.8) is 0 Å². The van der Waals surface area contributed by atoms with Crippen LogP contribution in [0.25, 0.3) is 5.65 Å². The summed E-state index contributed by atoms with van der Waals surface area (Å²) in [7, 11) is 1.34. The molecule has 0 amide bonds. The summed E-state index contributed by atoms with van der Waals surface area (Å²) in [6.07, 6.45) is 1.73. The Kier molecular flexibility index (Phi) is 3.74. The fourth-order valence-electron chi connectivity index (χ4n) is 2.14. The maximum atomic E-state index is 11.7. The van der Waals surface area contributed by atoms with Gasteiger partial charge < -0.3 is 9.47 Å². The normalized spacial score (nSPS) is 10.6. The Balaban J connectivity index is 1.86. The number of rotatable bonds is 4. The molecule has 0 aliphatic carbocycles. The van der Waals surface area contributed by atoms with Crippen LogP contribution in [-0.4, -0.2) is 27.7 Å². The second-order valence-electron chi connectivity index (χ2n) is 4.76. The summed E-state index contributed by atoms with van der Waals surface area (Å²) in [4.78, 5) is 16.1. The van der Waals surface area contributed by atoms with Gasteiger partial charge in [0.25, 0.3) is 0 Å². The van der Waals surface area contributed by atoms with Crippen LogP contribution in [-0.2, 0) is 11.3 Å². The molecule has 3 rings (SSSR count). The topological polar surface area (TPSA) is 65.7 Å². The van der Waals surface area contributed by atoms with E-state index in [0.717, 1.165) is 11.3 Å². The first-order valence-electron chi connectivity index (χ1n) is 6.80. The van der Waals surface area contributed by atoms with Crippen molar-refractivity contribution in [2.75, 3.05) is 7.11 Å². The summed E-state index contributed by atoms with van der Waals surface area (Å²) in [6, 6.07) is 11.1. The third kappa shape index (κ3) is 2.63. The Hall–Kier alpha value is -2.89. The number of esters is 1. The number of carbonyl (C=O) groups excluding carboxylic acids is 1. The highest BCUT2D eigenvalue weighted by atomic mass is 16.5. The average Bonchev–Trinajstić information content (AvgIpc) is 2.96. The van der Waals surface area contributed by atoms with E-state index in [4.69, 9.17) is 9.47 Å². The molecule has 0 spiro atoms. The number of aryl methyl sites for hydroxylation is 1. The first-order valence-corrected chi connectivity index (χ1v) is 6.80. The first-order chi connectivity index (χ1) is 10.7. The number of pyridine rings is 1. The van der Waals surface area contributed by atoms with E-state index in [1.165, 1.54) is 7.11 Å². The highest BCUT2D eigenvalue weighted by Gasteiger charge is 2.14. The molecule has 1 aromatic carbocycles. The molecule has 0 N–H and O–H groups in total. The molecule has 0 fully saturated rings. The van der Waals surface area contributed by atoms with Crippen molar-refractivity contribution in [1.82, 2.24) is 14.6 Å². The Labute approximate surface area is 127 Å². The zero-order valence-corrected chi connectivity index (χ0v) is 12.3. The minimum absolute atomic E-state index is 0.229. The van der Waals surface area contributed by atoms with Crippen LogP contribution in [0, 0.1) is 6.92 Å². The lowest BCUT2D eigenvalue weighted by Crippen LogP contribution is -2.04. The highest BCUT2D eigenvalue weighted by molar-refractivity contribution is 5.95. The number of nitrogens with zero attached hydrogens (tertiary/aromatic N) is 3. The fourth-order valence-corrected chi connectivity index (χ4v) is 2.14. The van der Waals surface area contributed by atoms with Crippen LogP contribution in [0.2, 0.25) is 0 Å². The number of benzene rings is 1. The second kappa shape index (κ2) is 5.85. The third-order valence-electron chi connectivity index (χ3n) is 3.26. The van der Waals surface area contributed by atoms with Gasteiger partial charge in [-0.05, 0) is 30.7 Å². The van der Waals surface area contributed by atoms with Crippen molar-refractivity contribution >= 4 is 11.6 Å². The molecular formula is C16H15N3O3. The Bertz CT molecular complexity index is 826. The second-order valence-corrected chi connectivity index (χ2v) is 4.76. The Morgan fingerprint density at radius 1 is 1.23 bits per heavy atom. The van der Waals surface area contributed by atoms with Crippen LogP contribution in [0.3, 0.4) is 0 Å². The molecule has 0 bridgehead atoms. The average molecular weight is 297 g/mol. The molecule has 112 valence electrons. The lowest BCUT2D eigenvalue weighted by molar-refractivity contribution is 0.0602. The maximum absolute atomic E-state index is 11.7. The van der Waals surface area contributed by atoms with E-state index in [0.29, 0.717) is 17.0 Å². The molecule has 0 radical (unpaired) electrons. The van der Waals surface area contributed by atoms with Crippen LogP contribution in [0.4, 0.5) is 0 Å². The molecule has 22 heavy (non-hydrogen) atoms. The lowest BCUT2D eigenvalue weighted by atomic mass is 10.2. The van der Waals surface area contributed by atoms with Gasteiger partial charge in [0.15, 0.2) is 11.5 Å². The number of hydrogen-bond donors (Lipinski definition) is 0. The monoisotopic (exact) mass is 297 g/mol. The van der Waals surface area contributed by atoms with Crippen molar-refractivity contribution in [2.45, 2.75) is 13.5 Å². The van der Waals surface area contributed by atoms with E-state index in [-0.39, 0.29) is 6.61 Å². The summed E-state index contributed by atoms with van der Waals surface area (Å²) in [5.74, 6) is 0.846. The number of methoxy groups -OCH3 is 1. The summed E-state index contributed by atoms with van der Waals surface area (Å²) < 4.78 is 12.0. The van der Waals surface area contributed by atoms with E-state index in [9.17, 15) is 4.79 Å². The van der Waals surface area contributed by atoms with Gasteiger partial charge in [-0.2, -0.15) is 0 Å². The summed E-state index contributed by atoms with van der Waals surface area (Å²) >= 11 is 0. The van der Waals surface area contributed by atoms with Crippen molar-refractivity contribution in [3.05, 3.63) is 59.5 Å². The van der Waals surface area contributed by atoms with Gasteiger partial charge in [-0.25, -0.2) is 14.3 Å². The molecule has 0 atom stereocenters. The number of carbonyl (C=O) groups is 1. The minimum Gasteiger partial charge on any atom is -0.485 e. The summed E-state index contributed by atoms with van der Waals surface area (Å²) in [6.45, 7) is 2.20. The minimum atomic E-state index is -0.440. The SMILES string of the molecule is COC(=O)c1cccn2nc(COc3ccccc3C)nc12. The zero-order valence-electron chi connectivity index (χ0n) is 12.3. The molecule has 0 aliphatic rings. The quantitative estimate of drug-likeness (QED) is 0.692. The van der Waals surface area contributed by atoms with Gasteiger partial charge in [0.1, 0.15) is 17.9 Å². The molecule has 2 heterocycles. The van der Waals surface area contributed by atoms with Crippen LogP contribution in [0.15, 0.2) is 42.6 Å². The molecule has 0 saturated carbocycles. The number of aromatic nitrogens is 3. The van der Waals surface area contributed by atoms with Crippen LogP contribution >= 0.6 is 0 Å². The van der Waals surface area contributed by atoms with E-state index >= 15 is 0 Å². The molecule has 6 heteroatoms. The number of para-hydroxylation sites is 1. The molecule has 0 unspecified atom stereocenters. The Morgan fingerprint density at radius 3 is 2.82 bits per heavy atom. The molecule has 6 nitrogen and oxygen atoms in total. The van der Waals surface area contributed by atoms with Crippen LogP contribution < -0.4 is 4.74 Å². The van der Waals surface area contributed by atoms with E-state index in [1.54, 1.807) is 22.8 Å². The van der Waals surface area contributed by atoms with Gasteiger partial charge in [-0.15, -0.1) is 5.10 Å². The number of ether oxygens (including phenoxy) is 2. The van der Waals surface area contributed by atoms with E-state index in [2.05, 4.69) is 10.1 Å². The summed E-state index contributed by atoms with van der Waals surface area (Å²) in [5, 5.41) is 4.31. The van der Waals surface area contributed by atoms with Gasteiger partial charge >= 0.3 is 5.97 Å². The highest BCUT2D eigenvalue weighted by Crippen LogP contribution is 2.17. The van der Waals surface area contributed by atoms with E-state index < -0.39 is 5.97 Å². The predicted octanol–water partition coefficient (Wildman–Crippen LogP) is 2.40. The smallest absolute Gasteiger partial charge is 0.341 e. The number of fused-ring (bicyclic) bond motifs is 1. The van der Waals surface area contributed by atoms with Crippen molar-refractivity contribution in [3.8, 4) is 5.75 Å². The molecular weight excluding hydrogens is 282 g/mol. The van der Waals surface area contributed by atoms with Crippen molar-refractivity contribution in [1.29, 1.82) is 0 Å². The van der Waals surface area contributed by atoms with Crippen molar-refractivity contribution < 1.29 is 14.3 Å². The largest absolute Gasteiger partial charge is 0.485 e. The van der Waals surface area contributed by atoms with Gasteiger partial charge in [0.2, 0.25) is 0 Å². The number of hydrogen-bond acceptors (Lipinski definition) is 5. The first kappa shape index (κ1) is 14.1. The van der Waals surface area contributed by atoms with Crippen LogP contribution in [0.5, 0.6) is 5.75 Å². The Morgan fingerprint density at radius 2 is 2.05 bits per heavy atom. The molecule has 0 aliphatic heterocycles. The summed E-state index contributed by atoms with van der Waals surface area (Å²) in [5.41, 5.74) is 1.87. The van der Waals surface area contributed by atoms with Gasteiger partial charge in [0, 0.05) is 6.20 Å². The molecule has 3 aromatic rings. The molecule has 2 aromatic heterocycles. The maximum Gasteiger partial charge on any atom is 0.341 e. The van der Waals surface area contributed by atoms with E-state index in [1.807, 2.05) is 31.2 Å². The van der Waals surface area contributed by atoms with Gasteiger partial charge in [-0.1, -0.05) is 18.2 Å². The predicted molar refractivity (Wildman–Crippen MR) is 79.8 cm³/mol. The van der Waals surface area contributed by atoms with Gasteiger partial charge in [0.05, 0.1) is 7.11 Å². The third-order valence-corrected chi connectivity index (χ3v) is 3.26. The van der Waals surface area contributed by atoms with Crippen molar-refractivity contribution in [2.24, 2.45) is 0 Å². The zero-order chi connectivity index (χ0) is 15.5. The van der Waals surface area contributed by atoms with Crippen LogP contribution in [0.1, 0.15) is 21.7 Å². The lowest BCUT2D eigenvalue weighted by Gasteiger charge is -2.05. The fraction of sp³-hybridized carbons (Fsp3) is 0.188. The standard InChI is InChI=1S/C16H15N3O3/c1-11-6-3-4-8-13(11)22-10-14-17-15-12(16(20)21-2)7-5-9-19(15)18-14/h3-9H,10H2,1-2H3. The molecule has 0 saturated heterocycles. The van der Waals surface area contributed by atoms with Gasteiger partial charge in [-0.3, -0.25) is 0 Å².